The lowest BCUT2D eigenvalue weighted by molar-refractivity contribution is 0.0785. The van der Waals surface area contributed by atoms with E-state index in [-0.39, 0.29) is 11.7 Å². The molecule has 1 aromatic heterocycles. The second-order valence-corrected chi connectivity index (χ2v) is 6.21. The van der Waals surface area contributed by atoms with Crippen LogP contribution in [0, 0.1) is 5.82 Å². The number of carbonyl (C=O) groups is 1. The molecule has 4 nitrogen and oxygen atoms in total. The molecular weight excluding hydrogens is 305 g/mol. The van der Waals surface area contributed by atoms with Crippen LogP contribution in [0.1, 0.15) is 35.2 Å². The van der Waals surface area contributed by atoms with Crippen LogP contribution in [-0.2, 0) is 6.54 Å². The van der Waals surface area contributed by atoms with Crippen LogP contribution < -0.4 is 4.90 Å². The number of amides is 1. The minimum absolute atomic E-state index is 0.0899. The zero-order valence-electron chi connectivity index (χ0n) is 13.9. The van der Waals surface area contributed by atoms with Gasteiger partial charge in [0.2, 0.25) is 0 Å². The van der Waals surface area contributed by atoms with Crippen LogP contribution in [-0.4, -0.2) is 35.9 Å². The van der Waals surface area contributed by atoms with Gasteiger partial charge in [-0.2, -0.15) is 0 Å². The molecule has 1 saturated heterocycles. The number of piperidine rings is 1. The van der Waals surface area contributed by atoms with Crippen molar-refractivity contribution in [2.45, 2.75) is 25.8 Å². The molecule has 126 valence electrons. The van der Waals surface area contributed by atoms with Gasteiger partial charge in [0.25, 0.3) is 5.91 Å². The van der Waals surface area contributed by atoms with Crippen molar-refractivity contribution in [2.75, 3.05) is 25.0 Å². The average molecular weight is 327 g/mol. The maximum Gasteiger partial charge on any atom is 0.257 e. The van der Waals surface area contributed by atoms with Gasteiger partial charge in [0.05, 0.1) is 5.56 Å². The normalized spacial score (nSPS) is 14.5. The molecule has 0 saturated carbocycles. The number of rotatable bonds is 4. The summed E-state index contributed by atoms with van der Waals surface area (Å²) in [6.07, 6.45) is 5.21. The summed E-state index contributed by atoms with van der Waals surface area (Å²) in [5.41, 5.74) is 1.38. The van der Waals surface area contributed by atoms with Crippen LogP contribution in [0.2, 0.25) is 0 Å². The Morgan fingerprint density at radius 1 is 1.21 bits per heavy atom. The van der Waals surface area contributed by atoms with Gasteiger partial charge in [-0.25, -0.2) is 9.37 Å². The molecular formula is C19H22FN3O. The molecule has 0 spiro atoms. The molecule has 5 heteroatoms. The molecule has 0 unspecified atom stereocenters. The molecule has 2 aromatic rings. The number of hydrogen-bond acceptors (Lipinski definition) is 3. The molecule has 1 aliphatic rings. The van der Waals surface area contributed by atoms with Crippen molar-refractivity contribution in [1.82, 2.24) is 9.88 Å². The van der Waals surface area contributed by atoms with Crippen molar-refractivity contribution < 1.29 is 9.18 Å². The number of halogens is 1. The first-order valence-electron chi connectivity index (χ1n) is 8.35. The van der Waals surface area contributed by atoms with Crippen molar-refractivity contribution in [3.05, 3.63) is 59.5 Å². The zero-order chi connectivity index (χ0) is 16.9. The summed E-state index contributed by atoms with van der Waals surface area (Å²) >= 11 is 0. The van der Waals surface area contributed by atoms with Gasteiger partial charge in [0.1, 0.15) is 11.6 Å². The highest BCUT2D eigenvalue weighted by Gasteiger charge is 2.21. The lowest BCUT2D eigenvalue weighted by Crippen LogP contribution is -2.34. The summed E-state index contributed by atoms with van der Waals surface area (Å²) in [6.45, 7) is 2.24. The quantitative estimate of drug-likeness (QED) is 0.862. The summed E-state index contributed by atoms with van der Waals surface area (Å²) in [4.78, 5) is 21.1. The van der Waals surface area contributed by atoms with Crippen LogP contribution in [0.5, 0.6) is 0 Å². The zero-order valence-corrected chi connectivity index (χ0v) is 13.9. The van der Waals surface area contributed by atoms with Gasteiger partial charge in [-0.05, 0) is 49.1 Å². The fourth-order valence-corrected chi connectivity index (χ4v) is 3.11. The summed E-state index contributed by atoms with van der Waals surface area (Å²) in [5, 5.41) is 0. The Kier molecular flexibility index (Phi) is 5.08. The maximum absolute atomic E-state index is 13.3. The molecule has 1 aromatic carbocycles. The molecule has 1 fully saturated rings. The summed E-state index contributed by atoms with van der Waals surface area (Å²) < 4.78 is 13.3. The van der Waals surface area contributed by atoms with Crippen molar-refractivity contribution in [2.24, 2.45) is 0 Å². The van der Waals surface area contributed by atoms with E-state index >= 15 is 0 Å². The largest absolute Gasteiger partial charge is 0.356 e. The molecule has 1 aliphatic heterocycles. The van der Waals surface area contributed by atoms with E-state index in [1.54, 1.807) is 30.3 Å². The lowest BCUT2D eigenvalue weighted by atomic mass is 10.1. The molecule has 0 aliphatic carbocycles. The molecule has 2 heterocycles. The smallest absolute Gasteiger partial charge is 0.257 e. The molecule has 3 rings (SSSR count). The Balaban J connectivity index is 1.79. The van der Waals surface area contributed by atoms with Gasteiger partial charge < -0.3 is 9.80 Å². The van der Waals surface area contributed by atoms with Crippen LogP contribution in [0.4, 0.5) is 10.2 Å². The van der Waals surface area contributed by atoms with Gasteiger partial charge in [0, 0.05) is 32.9 Å². The highest BCUT2D eigenvalue weighted by molar-refractivity contribution is 5.98. The average Bonchev–Trinajstić information content (AvgIpc) is 2.62. The predicted molar refractivity (Wildman–Crippen MR) is 92.5 cm³/mol. The predicted octanol–water partition coefficient (Wildman–Crippen LogP) is 3.48. The minimum Gasteiger partial charge on any atom is -0.356 e. The number of aromatic nitrogens is 1. The van der Waals surface area contributed by atoms with Crippen LogP contribution >= 0.6 is 0 Å². The van der Waals surface area contributed by atoms with Crippen LogP contribution in [0.25, 0.3) is 0 Å². The monoisotopic (exact) mass is 327 g/mol. The number of pyridine rings is 1. The van der Waals surface area contributed by atoms with Crippen LogP contribution in [0.3, 0.4) is 0 Å². The first kappa shape index (κ1) is 16.4. The van der Waals surface area contributed by atoms with E-state index in [1.165, 1.54) is 18.6 Å². The summed E-state index contributed by atoms with van der Waals surface area (Å²) in [5.74, 6) is 0.380. The van der Waals surface area contributed by atoms with E-state index in [1.807, 2.05) is 12.1 Å². The Morgan fingerprint density at radius 3 is 2.75 bits per heavy atom. The standard InChI is InChI=1S/C19H22FN3O/c1-22(14-15-7-5-8-16(20)13-15)19(24)17-9-6-10-21-18(17)23-11-3-2-4-12-23/h5-10,13H,2-4,11-12,14H2,1H3. The maximum atomic E-state index is 13.3. The number of nitrogens with zero attached hydrogens (tertiary/aromatic N) is 3. The van der Waals surface area contributed by atoms with E-state index in [0.29, 0.717) is 12.1 Å². The van der Waals surface area contributed by atoms with Gasteiger partial charge >= 0.3 is 0 Å². The fourth-order valence-electron chi connectivity index (χ4n) is 3.11. The third-order valence-corrected chi connectivity index (χ3v) is 4.33. The van der Waals surface area contributed by atoms with E-state index in [9.17, 15) is 9.18 Å². The Bertz CT molecular complexity index is 713. The number of carbonyl (C=O) groups excluding carboxylic acids is 1. The Morgan fingerprint density at radius 2 is 2.00 bits per heavy atom. The molecule has 0 atom stereocenters. The molecule has 0 N–H and O–H groups in total. The fraction of sp³-hybridized carbons (Fsp3) is 0.368. The number of hydrogen-bond donors (Lipinski definition) is 0. The Labute approximate surface area is 141 Å². The van der Waals surface area contributed by atoms with Gasteiger partial charge in [-0.15, -0.1) is 0 Å². The van der Waals surface area contributed by atoms with Gasteiger partial charge in [0.15, 0.2) is 0 Å². The molecule has 0 radical (unpaired) electrons. The first-order valence-corrected chi connectivity index (χ1v) is 8.35. The minimum atomic E-state index is -0.288. The first-order chi connectivity index (χ1) is 11.6. The summed E-state index contributed by atoms with van der Waals surface area (Å²) in [7, 11) is 1.74. The second-order valence-electron chi connectivity index (χ2n) is 6.21. The van der Waals surface area contributed by atoms with Crippen molar-refractivity contribution in [3.63, 3.8) is 0 Å². The topological polar surface area (TPSA) is 36.4 Å². The third-order valence-electron chi connectivity index (χ3n) is 4.33. The van der Waals surface area contributed by atoms with Crippen molar-refractivity contribution in [1.29, 1.82) is 0 Å². The highest BCUT2D eigenvalue weighted by atomic mass is 19.1. The molecule has 1 amide bonds. The Hall–Kier alpha value is -2.43. The highest BCUT2D eigenvalue weighted by Crippen LogP contribution is 2.23. The van der Waals surface area contributed by atoms with E-state index < -0.39 is 0 Å². The molecule has 0 bridgehead atoms. The molecule has 24 heavy (non-hydrogen) atoms. The number of anilines is 1. The summed E-state index contributed by atoms with van der Waals surface area (Å²) in [6, 6.07) is 9.95. The lowest BCUT2D eigenvalue weighted by Gasteiger charge is -2.30. The van der Waals surface area contributed by atoms with Gasteiger partial charge in [-0.3, -0.25) is 4.79 Å². The van der Waals surface area contributed by atoms with Crippen molar-refractivity contribution in [3.8, 4) is 0 Å². The second kappa shape index (κ2) is 7.43. The van der Waals surface area contributed by atoms with E-state index in [2.05, 4.69) is 9.88 Å². The van der Waals surface area contributed by atoms with Crippen molar-refractivity contribution >= 4 is 11.7 Å². The van der Waals surface area contributed by atoms with Gasteiger partial charge in [-0.1, -0.05) is 12.1 Å². The van der Waals surface area contributed by atoms with E-state index in [0.717, 1.165) is 37.3 Å². The van der Waals surface area contributed by atoms with Crippen LogP contribution in [0.15, 0.2) is 42.6 Å². The van der Waals surface area contributed by atoms with E-state index in [4.69, 9.17) is 0 Å². The number of benzene rings is 1. The SMILES string of the molecule is CN(Cc1cccc(F)c1)C(=O)c1cccnc1N1CCCCC1. The third kappa shape index (κ3) is 3.72.